The SMILES string of the molecule is CCCCc1c(Br)ccnc1F. The molecule has 66 valence electrons. The molecule has 0 unspecified atom stereocenters. The van der Waals surface area contributed by atoms with Gasteiger partial charge < -0.3 is 0 Å². The second kappa shape index (κ2) is 4.55. The van der Waals surface area contributed by atoms with Crippen LogP contribution in [-0.4, -0.2) is 4.98 Å². The standard InChI is InChI=1S/C9H11BrFN/c1-2-3-4-7-8(10)5-6-12-9(7)11/h5-6H,2-4H2,1H3. The van der Waals surface area contributed by atoms with Crippen molar-refractivity contribution in [1.82, 2.24) is 4.98 Å². The van der Waals surface area contributed by atoms with Gasteiger partial charge >= 0.3 is 0 Å². The highest BCUT2D eigenvalue weighted by Gasteiger charge is 2.05. The second-order valence-electron chi connectivity index (χ2n) is 2.67. The fourth-order valence-electron chi connectivity index (χ4n) is 1.02. The van der Waals surface area contributed by atoms with E-state index in [1.807, 2.05) is 0 Å². The van der Waals surface area contributed by atoms with Gasteiger partial charge in [-0.3, -0.25) is 0 Å². The lowest BCUT2D eigenvalue weighted by Crippen LogP contribution is -1.94. The van der Waals surface area contributed by atoms with Crippen LogP contribution in [-0.2, 0) is 6.42 Å². The number of unbranched alkanes of at least 4 members (excludes halogenated alkanes) is 1. The van der Waals surface area contributed by atoms with Crippen molar-refractivity contribution in [2.24, 2.45) is 0 Å². The van der Waals surface area contributed by atoms with E-state index in [0.717, 1.165) is 23.7 Å². The molecule has 0 saturated heterocycles. The Morgan fingerprint density at radius 2 is 2.33 bits per heavy atom. The van der Waals surface area contributed by atoms with Crippen molar-refractivity contribution in [2.45, 2.75) is 26.2 Å². The molecule has 1 aromatic heterocycles. The Hall–Kier alpha value is -0.440. The zero-order chi connectivity index (χ0) is 8.97. The van der Waals surface area contributed by atoms with Crippen molar-refractivity contribution in [2.75, 3.05) is 0 Å². The topological polar surface area (TPSA) is 12.9 Å². The predicted octanol–water partition coefficient (Wildman–Crippen LogP) is 3.33. The van der Waals surface area contributed by atoms with Gasteiger partial charge in [-0.2, -0.15) is 4.39 Å². The zero-order valence-corrected chi connectivity index (χ0v) is 8.57. The van der Waals surface area contributed by atoms with Crippen LogP contribution in [0.4, 0.5) is 4.39 Å². The third-order valence-corrected chi connectivity index (χ3v) is 2.47. The maximum atomic E-state index is 13.0. The third-order valence-electron chi connectivity index (χ3n) is 1.73. The minimum absolute atomic E-state index is 0.349. The lowest BCUT2D eigenvalue weighted by atomic mass is 10.1. The molecule has 0 fully saturated rings. The average Bonchev–Trinajstić information content (AvgIpc) is 2.04. The Morgan fingerprint density at radius 3 is 2.92 bits per heavy atom. The van der Waals surface area contributed by atoms with E-state index in [9.17, 15) is 4.39 Å². The van der Waals surface area contributed by atoms with Crippen LogP contribution >= 0.6 is 15.9 Å². The molecule has 0 aliphatic rings. The summed E-state index contributed by atoms with van der Waals surface area (Å²) in [5, 5.41) is 0. The zero-order valence-electron chi connectivity index (χ0n) is 6.98. The fourth-order valence-corrected chi connectivity index (χ4v) is 1.50. The Labute approximate surface area is 80.1 Å². The van der Waals surface area contributed by atoms with Gasteiger partial charge in [0.2, 0.25) is 5.95 Å². The van der Waals surface area contributed by atoms with E-state index < -0.39 is 0 Å². The summed E-state index contributed by atoms with van der Waals surface area (Å²) >= 11 is 3.30. The normalized spacial score (nSPS) is 10.2. The smallest absolute Gasteiger partial charge is 0.217 e. The summed E-state index contributed by atoms with van der Waals surface area (Å²) in [6, 6.07) is 1.77. The first-order chi connectivity index (χ1) is 5.75. The molecule has 0 amide bonds. The molecule has 0 aliphatic carbocycles. The molecule has 0 N–H and O–H groups in total. The van der Waals surface area contributed by atoms with Crippen molar-refractivity contribution < 1.29 is 4.39 Å². The van der Waals surface area contributed by atoms with Crippen molar-refractivity contribution in [1.29, 1.82) is 0 Å². The molecule has 0 atom stereocenters. The van der Waals surface area contributed by atoms with Crippen LogP contribution in [0, 0.1) is 5.95 Å². The number of halogens is 2. The summed E-state index contributed by atoms with van der Waals surface area (Å²) in [6.07, 6.45) is 4.30. The van der Waals surface area contributed by atoms with Gasteiger partial charge in [0.15, 0.2) is 0 Å². The third kappa shape index (κ3) is 2.27. The molecule has 1 rings (SSSR count). The van der Waals surface area contributed by atoms with E-state index in [1.54, 1.807) is 6.07 Å². The number of pyridine rings is 1. The summed E-state index contributed by atoms with van der Waals surface area (Å²) in [6.45, 7) is 2.09. The highest BCUT2D eigenvalue weighted by molar-refractivity contribution is 9.10. The molecule has 0 aliphatic heterocycles. The first-order valence-electron chi connectivity index (χ1n) is 4.04. The largest absolute Gasteiger partial charge is 0.228 e. The Kier molecular flexibility index (Phi) is 3.66. The molecule has 12 heavy (non-hydrogen) atoms. The molecule has 1 nitrogen and oxygen atoms in total. The molecule has 1 aromatic rings. The molecule has 0 saturated carbocycles. The van der Waals surface area contributed by atoms with Crippen LogP contribution < -0.4 is 0 Å². The summed E-state index contributed by atoms with van der Waals surface area (Å²) in [7, 11) is 0. The number of hydrogen-bond acceptors (Lipinski definition) is 1. The van der Waals surface area contributed by atoms with E-state index in [0.29, 0.717) is 5.56 Å². The lowest BCUT2D eigenvalue weighted by molar-refractivity contribution is 0.560. The Balaban J connectivity index is 2.81. The summed E-state index contributed by atoms with van der Waals surface area (Å²) in [4.78, 5) is 3.60. The van der Waals surface area contributed by atoms with Crippen molar-refractivity contribution in [3.05, 3.63) is 28.2 Å². The molecule has 1 heterocycles. The summed E-state index contributed by atoms with van der Waals surface area (Å²) in [5.41, 5.74) is 0.694. The molecule has 0 spiro atoms. The van der Waals surface area contributed by atoms with Crippen LogP contribution in [0.1, 0.15) is 25.3 Å². The molecular formula is C9H11BrFN. The van der Waals surface area contributed by atoms with Crippen LogP contribution in [0.3, 0.4) is 0 Å². The van der Waals surface area contributed by atoms with Gasteiger partial charge in [-0.15, -0.1) is 0 Å². The van der Waals surface area contributed by atoms with Crippen molar-refractivity contribution in [3.63, 3.8) is 0 Å². The Bertz CT molecular complexity index is 242. The number of rotatable bonds is 3. The van der Waals surface area contributed by atoms with Crippen molar-refractivity contribution in [3.8, 4) is 0 Å². The van der Waals surface area contributed by atoms with Gasteiger partial charge in [-0.1, -0.05) is 29.3 Å². The van der Waals surface area contributed by atoms with Crippen LogP contribution in [0.5, 0.6) is 0 Å². The quantitative estimate of drug-likeness (QED) is 0.728. The van der Waals surface area contributed by atoms with E-state index >= 15 is 0 Å². The van der Waals surface area contributed by atoms with Gasteiger partial charge in [0.05, 0.1) is 0 Å². The van der Waals surface area contributed by atoms with Crippen LogP contribution in [0.25, 0.3) is 0 Å². The first kappa shape index (κ1) is 9.65. The number of aromatic nitrogens is 1. The van der Waals surface area contributed by atoms with Gasteiger partial charge in [0, 0.05) is 16.2 Å². The molecular weight excluding hydrogens is 221 g/mol. The Morgan fingerprint density at radius 1 is 1.58 bits per heavy atom. The molecule has 0 radical (unpaired) electrons. The van der Waals surface area contributed by atoms with Crippen LogP contribution in [0.15, 0.2) is 16.7 Å². The minimum Gasteiger partial charge on any atom is -0.228 e. The van der Waals surface area contributed by atoms with Crippen LogP contribution in [0.2, 0.25) is 0 Å². The van der Waals surface area contributed by atoms with Gasteiger partial charge in [-0.25, -0.2) is 4.98 Å². The van der Waals surface area contributed by atoms with Gasteiger partial charge in [0.25, 0.3) is 0 Å². The fraction of sp³-hybridized carbons (Fsp3) is 0.444. The summed E-state index contributed by atoms with van der Waals surface area (Å²) < 4.78 is 13.9. The number of hydrogen-bond donors (Lipinski definition) is 0. The predicted molar refractivity (Wildman–Crippen MR) is 50.5 cm³/mol. The summed E-state index contributed by atoms with van der Waals surface area (Å²) in [5.74, 6) is -0.349. The van der Waals surface area contributed by atoms with E-state index in [2.05, 4.69) is 27.8 Å². The first-order valence-corrected chi connectivity index (χ1v) is 4.84. The molecule has 0 bridgehead atoms. The number of nitrogens with zero attached hydrogens (tertiary/aromatic N) is 1. The van der Waals surface area contributed by atoms with E-state index in [1.165, 1.54) is 6.20 Å². The molecule has 3 heteroatoms. The minimum atomic E-state index is -0.349. The maximum absolute atomic E-state index is 13.0. The van der Waals surface area contributed by atoms with E-state index in [-0.39, 0.29) is 5.95 Å². The highest BCUT2D eigenvalue weighted by Crippen LogP contribution is 2.19. The highest BCUT2D eigenvalue weighted by atomic mass is 79.9. The second-order valence-corrected chi connectivity index (χ2v) is 3.52. The van der Waals surface area contributed by atoms with Gasteiger partial charge in [-0.05, 0) is 18.9 Å². The maximum Gasteiger partial charge on any atom is 0.217 e. The average molecular weight is 232 g/mol. The lowest BCUT2D eigenvalue weighted by Gasteiger charge is -2.02. The molecule has 0 aromatic carbocycles. The van der Waals surface area contributed by atoms with Gasteiger partial charge in [0.1, 0.15) is 0 Å². The monoisotopic (exact) mass is 231 g/mol. The van der Waals surface area contributed by atoms with Crippen molar-refractivity contribution >= 4 is 15.9 Å². The van der Waals surface area contributed by atoms with E-state index in [4.69, 9.17) is 0 Å².